The van der Waals surface area contributed by atoms with Crippen LogP contribution in [0.2, 0.25) is 0 Å². The van der Waals surface area contributed by atoms with Gasteiger partial charge in [-0.05, 0) is 39.3 Å². The number of ether oxygens (including phenoxy) is 1. The maximum atomic E-state index is 12.5. The summed E-state index contributed by atoms with van der Waals surface area (Å²) in [5.41, 5.74) is 0.0884. The quantitative estimate of drug-likeness (QED) is 0.869. The molecule has 1 aromatic heterocycles. The number of piperidine rings is 1. The predicted octanol–water partition coefficient (Wildman–Crippen LogP) is 1.14. The maximum absolute atomic E-state index is 12.5. The van der Waals surface area contributed by atoms with Crippen molar-refractivity contribution in [2.45, 2.75) is 57.7 Å². The minimum absolute atomic E-state index is 0.0870. The smallest absolute Gasteiger partial charge is 0.273 e. The number of hydrogen-bond donors (Lipinski definition) is 2. The number of carbonyl (C=O) groups is 1. The molecule has 2 fully saturated rings. The normalized spacial score (nSPS) is 30.7. The molecular formula is C16H27N5O2. The van der Waals surface area contributed by atoms with Crippen LogP contribution in [0.3, 0.4) is 0 Å². The first-order valence-electron chi connectivity index (χ1n) is 8.36. The van der Waals surface area contributed by atoms with Gasteiger partial charge >= 0.3 is 0 Å². The number of rotatable bonds is 4. The summed E-state index contributed by atoms with van der Waals surface area (Å²) in [5.74, 6) is -0.151. The predicted molar refractivity (Wildman–Crippen MR) is 86.2 cm³/mol. The van der Waals surface area contributed by atoms with Gasteiger partial charge in [-0.2, -0.15) is 0 Å². The first-order chi connectivity index (χ1) is 10.9. The summed E-state index contributed by atoms with van der Waals surface area (Å²) in [6.07, 6.45) is 4.62. The van der Waals surface area contributed by atoms with Crippen LogP contribution in [0.5, 0.6) is 0 Å². The van der Waals surface area contributed by atoms with E-state index < -0.39 is 0 Å². The number of carbonyl (C=O) groups excluding carboxylic acids is 1. The van der Waals surface area contributed by atoms with E-state index in [0.29, 0.717) is 11.7 Å². The van der Waals surface area contributed by atoms with Crippen LogP contribution in [0.1, 0.15) is 56.6 Å². The zero-order chi connectivity index (χ0) is 16.7. The summed E-state index contributed by atoms with van der Waals surface area (Å²) in [4.78, 5) is 12.5. The zero-order valence-electron chi connectivity index (χ0n) is 14.4. The van der Waals surface area contributed by atoms with E-state index in [1.165, 1.54) is 0 Å². The molecule has 2 heterocycles. The van der Waals surface area contributed by atoms with E-state index in [9.17, 15) is 4.79 Å². The minimum Gasteiger partial charge on any atom is -0.378 e. The number of aromatic nitrogens is 3. The largest absolute Gasteiger partial charge is 0.378 e. The Morgan fingerprint density at radius 3 is 2.70 bits per heavy atom. The SMILES string of the molecule is CO[C@]1(C)C[C@@H](NC(=O)c2cn(C3CCNCC3)nn2)C1(C)C. The molecule has 0 radical (unpaired) electrons. The second-order valence-corrected chi connectivity index (χ2v) is 7.45. The van der Waals surface area contributed by atoms with E-state index in [1.807, 2.05) is 4.68 Å². The molecule has 1 aromatic rings. The lowest BCUT2D eigenvalue weighted by atomic mass is 9.56. The van der Waals surface area contributed by atoms with Crippen molar-refractivity contribution in [3.63, 3.8) is 0 Å². The summed E-state index contributed by atoms with van der Waals surface area (Å²) in [5, 5.41) is 14.6. The van der Waals surface area contributed by atoms with Gasteiger partial charge in [0.2, 0.25) is 0 Å². The lowest BCUT2D eigenvalue weighted by Crippen LogP contribution is -2.68. The molecule has 0 unspecified atom stereocenters. The van der Waals surface area contributed by atoms with Crippen molar-refractivity contribution < 1.29 is 9.53 Å². The lowest BCUT2D eigenvalue weighted by Gasteiger charge is -2.59. The van der Waals surface area contributed by atoms with Gasteiger partial charge in [0.1, 0.15) is 0 Å². The molecule has 3 rings (SSSR count). The molecule has 7 heteroatoms. The minimum atomic E-state index is -0.197. The Bertz CT molecular complexity index is 579. The average Bonchev–Trinajstić information content (AvgIpc) is 3.05. The van der Waals surface area contributed by atoms with Gasteiger partial charge in [-0.25, -0.2) is 4.68 Å². The molecule has 0 aromatic carbocycles. The summed E-state index contributed by atoms with van der Waals surface area (Å²) in [7, 11) is 1.73. The van der Waals surface area contributed by atoms with Crippen LogP contribution in [0.15, 0.2) is 6.20 Å². The van der Waals surface area contributed by atoms with Crippen LogP contribution < -0.4 is 10.6 Å². The highest BCUT2D eigenvalue weighted by atomic mass is 16.5. The topological polar surface area (TPSA) is 81.1 Å². The van der Waals surface area contributed by atoms with Gasteiger partial charge in [0.05, 0.1) is 17.8 Å². The highest BCUT2D eigenvalue weighted by molar-refractivity contribution is 5.92. The fourth-order valence-corrected chi connectivity index (χ4v) is 3.59. The monoisotopic (exact) mass is 321 g/mol. The molecule has 2 N–H and O–H groups in total. The van der Waals surface area contributed by atoms with E-state index in [4.69, 9.17) is 4.74 Å². The average molecular weight is 321 g/mol. The number of amides is 1. The Hall–Kier alpha value is -1.47. The van der Waals surface area contributed by atoms with Crippen LogP contribution in [0, 0.1) is 5.41 Å². The first-order valence-corrected chi connectivity index (χ1v) is 8.36. The molecule has 1 aliphatic heterocycles. The molecule has 0 spiro atoms. The van der Waals surface area contributed by atoms with E-state index in [2.05, 4.69) is 41.7 Å². The Labute approximate surface area is 137 Å². The van der Waals surface area contributed by atoms with Crippen LogP contribution >= 0.6 is 0 Å². The van der Waals surface area contributed by atoms with Gasteiger partial charge in [-0.3, -0.25) is 4.79 Å². The molecule has 128 valence electrons. The molecular weight excluding hydrogens is 294 g/mol. The summed E-state index contributed by atoms with van der Waals surface area (Å²) in [6.45, 7) is 8.30. The molecule has 0 bridgehead atoms. The Kier molecular flexibility index (Phi) is 4.18. The number of nitrogens with zero attached hydrogens (tertiary/aromatic N) is 3. The first kappa shape index (κ1) is 16.4. The third kappa shape index (κ3) is 2.76. The van der Waals surface area contributed by atoms with Gasteiger partial charge in [0.25, 0.3) is 5.91 Å². The number of nitrogens with one attached hydrogen (secondary N) is 2. The lowest BCUT2D eigenvalue weighted by molar-refractivity contribution is -0.177. The van der Waals surface area contributed by atoms with Crippen LogP contribution in [-0.2, 0) is 4.74 Å². The molecule has 2 atom stereocenters. The summed E-state index contributed by atoms with van der Waals surface area (Å²) in [6, 6.07) is 0.422. The number of methoxy groups -OCH3 is 1. The van der Waals surface area contributed by atoms with Gasteiger partial charge < -0.3 is 15.4 Å². The Morgan fingerprint density at radius 2 is 2.09 bits per heavy atom. The van der Waals surface area contributed by atoms with Gasteiger partial charge in [0, 0.05) is 18.6 Å². The van der Waals surface area contributed by atoms with E-state index in [1.54, 1.807) is 13.3 Å². The fourth-order valence-electron chi connectivity index (χ4n) is 3.59. The van der Waals surface area contributed by atoms with E-state index in [-0.39, 0.29) is 23.0 Å². The van der Waals surface area contributed by atoms with Crippen LogP contribution in [0.25, 0.3) is 0 Å². The second kappa shape index (κ2) is 5.87. The van der Waals surface area contributed by atoms with Crippen molar-refractivity contribution in [2.24, 2.45) is 5.41 Å². The maximum Gasteiger partial charge on any atom is 0.273 e. The molecule has 2 aliphatic rings. The third-order valence-corrected chi connectivity index (χ3v) is 6.01. The van der Waals surface area contributed by atoms with E-state index in [0.717, 1.165) is 32.4 Å². The fraction of sp³-hybridized carbons (Fsp3) is 0.812. The van der Waals surface area contributed by atoms with E-state index >= 15 is 0 Å². The second-order valence-electron chi connectivity index (χ2n) is 7.45. The zero-order valence-corrected chi connectivity index (χ0v) is 14.4. The highest BCUT2D eigenvalue weighted by Crippen LogP contribution is 2.51. The molecule has 7 nitrogen and oxygen atoms in total. The molecule has 1 aliphatic carbocycles. The van der Waals surface area contributed by atoms with Crippen molar-refractivity contribution in [2.75, 3.05) is 20.2 Å². The molecule has 23 heavy (non-hydrogen) atoms. The van der Waals surface area contributed by atoms with Crippen molar-refractivity contribution in [1.29, 1.82) is 0 Å². The highest BCUT2D eigenvalue weighted by Gasteiger charge is 2.58. The van der Waals surface area contributed by atoms with Crippen LogP contribution in [0.4, 0.5) is 0 Å². The van der Waals surface area contributed by atoms with Gasteiger partial charge in [0.15, 0.2) is 5.69 Å². The van der Waals surface area contributed by atoms with Crippen molar-refractivity contribution in [3.8, 4) is 0 Å². The number of hydrogen-bond acceptors (Lipinski definition) is 5. The molecule has 1 saturated heterocycles. The van der Waals surface area contributed by atoms with Gasteiger partial charge in [-0.15, -0.1) is 5.10 Å². The van der Waals surface area contributed by atoms with Crippen molar-refractivity contribution >= 4 is 5.91 Å². The van der Waals surface area contributed by atoms with Crippen molar-refractivity contribution in [3.05, 3.63) is 11.9 Å². The Morgan fingerprint density at radius 1 is 1.39 bits per heavy atom. The summed E-state index contributed by atoms with van der Waals surface area (Å²) < 4.78 is 7.43. The van der Waals surface area contributed by atoms with Gasteiger partial charge in [-0.1, -0.05) is 19.1 Å². The Balaban J connectivity index is 1.62. The standard InChI is InChI=1S/C16H27N5O2/c1-15(2)13(9-16(15,3)23-4)18-14(22)12-10-21(20-19-12)11-5-7-17-8-6-11/h10-11,13,17H,5-9H2,1-4H3,(H,18,22)/t13-,16-/m1/s1. The van der Waals surface area contributed by atoms with Crippen LogP contribution in [-0.4, -0.2) is 52.7 Å². The third-order valence-electron chi connectivity index (χ3n) is 6.01. The molecule has 1 saturated carbocycles. The molecule has 1 amide bonds. The summed E-state index contributed by atoms with van der Waals surface area (Å²) >= 11 is 0. The van der Waals surface area contributed by atoms with Crippen molar-refractivity contribution in [1.82, 2.24) is 25.6 Å².